The van der Waals surface area contributed by atoms with Crippen LogP contribution in [0, 0.1) is 0 Å². The summed E-state index contributed by atoms with van der Waals surface area (Å²) in [4.78, 5) is 16.5. The van der Waals surface area contributed by atoms with Gasteiger partial charge in [0.05, 0.1) is 0 Å². The summed E-state index contributed by atoms with van der Waals surface area (Å²) in [5.74, 6) is -0.252. The third-order valence-corrected chi connectivity index (χ3v) is 1.68. The highest BCUT2D eigenvalue weighted by Gasteiger charge is 2.10. The SMILES string of the molecule is CN(C)CCCc1nc(C(N)=O)no1. The number of hydrogen-bond donors (Lipinski definition) is 1. The highest BCUT2D eigenvalue weighted by atomic mass is 16.5. The second kappa shape index (κ2) is 4.71. The van der Waals surface area contributed by atoms with Gasteiger partial charge in [0.1, 0.15) is 0 Å². The van der Waals surface area contributed by atoms with Crippen LogP contribution in [0.25, 0.3) is 0 Å². The van der Waals surface area contributed by atoms with Crippen LogP contribution in [0.5, 0.6) is 0 Å². The zero-order valence-electron chi connectivity index (χ0n) is 8.36. The van der Waals surface area contributed by atoms with Gasteiger partial charge < -0.3 is 15.2 Å². The molecule has 0 aliphatic heterocycles. The zero-order chi connectivity index (χ0) is 10.6. The molecule has 1 rings (SSSR count). The number of primary amides is 1. The first-order valence-corrected chi connectivity index (χ1v) is 4.36. The molecular formula is C8H14N4O2. The Morgan fingerprint density at radius 1 is 1.57 bits per heavy atom. The first-order valence-electron chi connectivity index (χ1n) is 4.36. The van der Waals surface area contributed by atoms with E-state index in [-0.39, 0.29) is 5.82 Å². The minimum atomic E-state index is -0.660. The van der Waals surface area contributed by atoms with Gasteiger partial charge in [-0.05, 0) is 27.1 Å². The number of nitrogens with two attached hydrogens (primary N) is 1. The van der Waals surface area contributed by atoms with Crippen molar-refractivity contribution in [3.63, 3.8) is 0 Å². The fraction of sp³-hybridized carbons (Fsp3) is 0.625. The first kappa shape index (κ1) is 10.6. The van der Waals surface area contributed by atoms with Gasteiger partial charge in [-0.15, -0.1) is 0 Å². The number of carbonyl (C=O) groups excluding carboxylic acids is 1. The molecular weight excluding hydrogens is 184 g/mol. The molecule has 0 saturated heterocycles. The molecule has 1 heterocycles. The van der Waals surface area contributed by atoms with E-state index >= 15 is 0 Å². The summed E-state index contributed by atoms with van der Waals surface area (Å²) in [7, 11) is 3.98. The number of rotatable bonds is 5. The van der Waals surface area contributed by atoms with Gasteiger partial charge in [0, 0.05) is 6.42 Å². The Balaban J connectivity index is 2.40. The number of aryl methyl sites for hydroxylation is 1. The Morgan fingerprint density at radius 3 is 2.79 bits per heavy atom. The average Bonchev–Trinajstić information content (AvgIpc) is 2.52. The molecule has 0 saturated carbocycles. The zero-order valence-corrected chi connectivity index (χ0v) is 8.36. The lowest BCUT2D eigenvalue weighted by molar-refractivity contribution is 0.0987. The third-order valence-electron chi connectivity index (χ3n) is 1.68. The highest BCUT2D eigenvalue weighted by Crippen LogP contribution is 2.00. The molecule has 0 bridgehead atoms. The number of hydrogen-bond acceptors (Lipinski definition) is 5. The minimum Gasteiger partial charge on any atom is -0.363 e. The molecule has 0 atom stereocenters. The number of aromatic nitrogens is 2. The van der Waals surface area contributed by atoms with Crippen molar-refractivity contribution in [1.82, 2.24) is 15.0 Å². The average molecular weight is 198 g/mol. The summed E-state index contributed by atoms with van der Waals surface area (Å²) in [6.45, 7) is 0.939. The molecule has 0 aliphatic rings. The van der Waals surface area contributed by atoms with Crippen LogP contribution < -0.4 is 5.73 Å². The molecule has 6 heteroatoms. The topological polar surface area (TPSA) is 85.3 Å². The number of nitrogens with zero attached hydrogens (tertiary/aromatic N) is 3. The molecule has 0 fully saturated rings. The van der Waals surface area contributed by atoms with Crippen molar-refractivity contribution in [3.05, 3.63) is 11.7 Å². The maximum absolute atomic E-state index is 10.6. The van der Waals surface area contributed by atoms with Crippen LogP contribution in [0.3, 0.4) is 0 Å². The molecule has 1 amide bonds. The van der Waals surface area contributed by atoms with E-state index in [1.54, 1.807) is 0 Å². The van der Waals surface area contributed by atoms with Gasteiger partial charge in [0.2, 0.25) is 5.89 Å². The van der Waals surface area contributed by atoms with Crippen molar-refractivity contribution in [3.8, 4) is 0 Å². The molecule has 14 heavy (non-hydrogen) atoms. The molecule has 1 aromatic heterocycles. The van der Waals surface area contributed by atoms with Crippen LogP contribution in [0.15, 0.2) is 4.52 Å². The van der Waals surface area contributed by atoms with Crippen molar-refractivity contribution >= 4 is 5.91 Å². The third kappa shape index (κ3) is 3.14. The van der Waals surface area contributed by atoms with E-state index in [1.807, 2.05) is 14.1 Å². The van der Waals surface area contributed by atoms with Crippen molar-refractivity contribution in [2.45, 2.75) is 12.8 Å². The fourth-order valence-electron chi connectivity index (χ4n) is 1.00. The standard InChI is InChI=1S/C8H14N4O2/c1-12(2)5-3-4-6-10-8(7(9)13)11-14-6/h3-5H2,1-2H3,(H2,9,13). The molecule has 0 spiro atoms. The Bertz CT molecular complexity index is 308. The van der Waals surface area contributed by atoms with Crippen LogP contribution in [-0.2, 0) is 6.42 Å². The van der Waals surface area contributed by atoms with E-state index in [2.05, 4.69) is 15.0 Å². The summed E-state index contributed by atoms with van der Waals surface area (Å²) < 4.78 is 4.83. The molecule has 0 unspecified atom stereocenters. The molecule has 0 aliphatic carbocycles. The Hall–Kier alpha value is -1.43. The van der Waals surface area contributed by atoms with Crippen molar-refractivity contribution < 1.29 is 9.32 Å². The molecule has 6 nitrogen and oxygen atoms in total. The van der Waals surface area contributed by atoms with E-state index in [9.17, 15) is 4.79 Å². The minimum absolute atomic E-state index is 0.0511. The summed E-state index contributed by atoms with van der Waals surface area (Å²) >= 11 is 0. The monoisotopic (exact) mass is 198 g/mol. The molecule has 2 N–H and O–H groups in total. The maximum atomic E-state index is 10.6. The van der Waals surface area contributed by atoms with Gasteiger partial charge in [0.15, 0.2) is 0 Å². The Kier molecular flexibility index (Phi) is 3.58. The van der Waals surface area contributed by atoms with Gasteiger partial charge in [-0.2, -0.15) is 4.98 Å². The van der Waals surface area contributed by atoms with Crippen molar-refractivity contribution in [1.29, 1.82) is 0 Å². The summed E-state index contributed by atoms with van der Waals surface area (Å²) in [5, 5.41) is 3.44. The first-order chi connectivity index (χ1) is 6.59. The lowest BCUT2D eigenvalue weighted by Gasteiger charge is -2.06. The lowest BCUT2D eigenvalue weighted by atomic mass is 10.3. The predicted molar refractivity (Wildman–Crippen MR) is 49.7 cm³/mol. The second-order valence-corrected chi connectivity index (χ2v) is 3.28. The van der Waals surface area contributed by atoms with Crippen LogP contribution in [0.4, 0.5) is 0 Å². The van der Waals surface area contributed by atoms with Gasteiger partial charge in [-0.25, -0.2) is 0 Å². The van der Waals surface area contributed by atoms with Crippen LogP contribution in [0.2, 0.25) is 0 Å². The van der Waals surface area contributed by atoms with Gasteiger partial charge >= 0.3 is 0 Å². The highest BCUT2D eigenvalue weighted by molar-refractivity contribution is 5.88. The molecule has 78 valence electrons. The molecule has 1 aromatic rings. The smallest absolute Gasteiger partial charge is 0.290 e. The largest absolute Gasteiger partial charge is 0.363 e. The Labute approximate surface area is 82.1 Å². The fourth-order valence-corrected chi connectivity index (χ4v) is 1.00. The summed E-state index contributed by atoms with van der Waals surface area (Å²) in [6.07, 6.45) is 1.58. The van der Waals surface area contributed by atoms with Crippen LogP contribution >= 0.6 is 0 Å². The second-order valence-electron chi connectivity index (χ2n) is 3.28. The van der Waals surface area contributed by atoms with E-state index < -0.39 is 5.91 Å². The maximum Gasteiger partial charge on any atom is 0.290 e. The quantitative estimate of drug-likeness (QED) is 0.699. The van der Waals surface area contributed by atoms with E-state index in [0.29, 0.717) is 12.3 Å². The van der Waals surface area contributed by atoms with Crippen molar-refractivity contribution in [2.24, 2.45) is 5.73 Å². The van der Waals surface area contributed by atoms with E-state index in [0.717, 1.165) is 13.0 Å². The molecule has 0 aromatic carbocycles. The van der Waals surface area contributed by atoms with E-state index in [4.69, 9.17) is 10.3 Å². The van der Waals surface area contributed by atoms with Crippen LogP contribution in [-0.4, -0.2) is 41.6 Å². The van der Waals surface area contributed by atoms with Crippen LogP contribution in [0.1, 0.15) is 22.9 Å². The number of amides is 1. The van der Waals surface area contributed by atoms with Gasteiger partial charge in [-0.3, -0.25) is 4.79 Å². The number of carbonyl (C=O) groups is 1. The van der Waals surface area contributed by atoms with Gasteiger partial charge in [-0.1, -0.05) is 5.16 Å². The summed E-state index contributed by atoms with van der Waals surface area (Å²) in [5.41, 5.74) is 4.97. The predicted octanol–water partition coefficient (Wildman–Crippen LogP) is -0.337. The Morgan fingerprint density at radius 2 is 2.29 bits per heavy atom. The summed E-state index contributed by atoms with van der Waals surface area (Å²) in [6, 6.07) is 0. The normalized spacial score (nSPS) is 10.8. The van der Waals surface area contributed by atoms with Crippen molar-refractivity contribution in [2.75, 3.05) is 20.6 Å². The van der Waals surface area contributed by atoms with E-state index in [1.165, 1.54) is 0 Å². The lowest BCUT2D eigenvalue weighted by Crippen LogP contribution is -2.14. The molecule has 0 radical (unpaired) electrons. The van der Waals surface area contributed by atoms with Gasteiger partial charge in [0.25, 0.3) is 11.7 Å².